The molecule has 0 atom stereocenters. The first-order valence-electron chi connectivity index (χ1n) is 5.39. The van der Waals surface area contributed by atoms with Crippen LogP contribution in [0.1, 0.15) is 31.2 Å². The van der Waals surface area contributed by atoms with Gasteiger partial charge in [-0.15, -0.1) is 0 Å². The van der Waals surface area contributed by atoms with E-state index in [1.165, 1.54) is 0 Å². The molecule has 0 amide bonds. The second-order valence-corrected chi connectivity index (χ2v) is 4.20. The van der Waals surface area contributed by atoms with Crippen molar-refractivity contribution in [2.24, 2.45) is 0 Å². The molecule has 1 aromatic carbocycles. The van der Waals surface area contributed by atoms with Crippen LogP contribution in [0, 0.1) is 0 Å². The highest BCUT2D eigenvalue weighted by Gasteiger charge is 2.37. The Balaban J connectivity index is 2.29. The smallest absolute Gasteiger partial charge is 0.334 e. The lowest BCUT2D eigenvalue weighted by atomic mass is 10.0. The number of hydrogen-bond acceptors (Lipinski definition) is 3. The zero-order valence-electron chi connectivity index (χ0n) is 9.82. The fourth-order valence-electron chi connectivity index (χ4n) is 1.47. The van der Waals surface area contributed by atoms with E-state index in [1.54, 1.807) is 12.1 Å². The summed E-state index contributed by atoms with van der Waals surface area (Å²) in [5, 5.41) is 2.91. The second kappa shape index (κ2) is 4.44. The summed E-state index contributed by atoms with van der Waals surface area (Å²) in [6, 6.07) is 7.00. The first kappa shape index (κ1) is 12.6. The fourth-order valence-corrected chi connectivity index (χ4v) is 1.47. The van der Waals surface area contributed by atoms with Gasteiger partial charge in [-0.1, -0.05) is 31.1 Å². The van der Waals surface area contributed by atoms with Crippen molar-refractivity contribution in [2.75, 3.05) is 0 Å². The Labute approximate surface area is 102 Å². The molecular weight excluding hydrogens is 245 g/mol. The van der Waals surface area contributed by atoms with Crippen LogP contribution in [-0.4, -0.2) is 10.1 Å². The molecule has 0 N–H and O–H groups in total. The van der Waals surface area contributed by atoms with Crippen molar-refractivity contribution < 1.29 is 17.7 Å². The van der Waals surface area contributed by atoms with Crippen LogP contribution in [0.2, 0.25) is 0 Å². The molecule has 18 heavy (non-hydrogen) atoms. The SMILES string of the molecule is CC(C)c1ccc(-c2nc(C(F)(F)F)no2)cc1. The third kappa shape index (κ3) is 2.52. The van der Waals surface area contributed by atoms with Crippen molar-refractivity contribution in [3.63, 3.8) is 0 Å². The molecule has 0 spiro atoms. The molecule has 0 unspecified atom stereocenters. The Morgan fingerprint density at radius 1 is 1.11 bits per heavy atom. The predicted molar refractivity (Wildman–Crippen MR) is 58.8 cm³/mol. The van der Waals surface area contributed by atoms with E-state index in [-0.39, 0.29) is 5.89 Å². The van der Waals surface area contributed by atoms with Crippen LogP contribution in [0.5, 0.6) is 0 Å². The van der Waals surface area contributed by atoms with Crippen LogP contribution >= 0.6 is 0 Å². The van der Waals surface area contributed by atoms with Gasteiger partial charge in [0.2, 0.25) is 0 Å². The lowest BCUT2D eigenvalue weighted by Crippen LogP contribution is -2.07. The van der Waals surface area contributed by atoms with Gasteiger partial charge in [0, 0.05) is 5.56 Å². The monoisotopic (exact) mass is 256 g/mol. The van der Waals surface area contributed by atoms with E-state index in [0.29, 0.717) is 11.5 Å². The van der Waals surface area contributed by atoms with Crippen LogP contribution in [0.25, 0.3) is 11.5 Å². The van der Waals surface area contributed by atoms with Gasteiger partial charge in [0.1, 0.15) is 0 Å². The number of benzene rings is 1. The molecule has 0 bridgehead atoms. The number of rotatable bonds is 2. The summed E-state index contributed by atoms with van der Waals surface area (Å²) in [5.41, 5.74) is 1.57. The Bertz CT molecular complexity index is 529. The maximum absolute atomic E-state index is 12.3. The summed E-state index contributed by atoms with van der Waals surface area (Å²) < 4.78 is 41.5. The average Bonchev–Trinajstić information content (AvgIpc) is 2.78. The van der Waals surface area contributed by atoms with Crippen molar-refractivity contribution in [3.05, 3.63) is 35.7 Å². The van der Waals surface area contributed by atoms with Gasteiger partial charge in [-0.2, -0.15) is 18.2 Å². The van der Waals surface area contributed by atoms with Crippen LogP contribution in [0.3, 0.4) is 0 Å². The zero-order valence-corrected chi connectivity index (χ0v) is 9.82. The quantitative estimate of drug-likeness (QED) is 0.818. The minimum Gasteiger partial charge on any atom is -0.334 e. The maximum atomic E-state index is 12.3. The Kier molecular flexibility index (Phi) is 3.11. The minimum absolute atomic E-state index is 0.127. The van der Waals surface area contributed by atoms with Gasteiger partial charge < -0.3 is 4.52 Å². The van der Waals surface area contributed by atoms with Crippen molar-refractivity contribution in [1.29, 1.82) is 0 Å². The van der Waals surface area contributed by atoms with Gasteiger partial charge in [0.25, 0.3) is 11.7 Å². The van der Waals surface area contributed by atoms with Crippen LogP contribution in [-0.2, 0) is 6.18 Å². The molecule has 0 saturated carbocycles. The highest BCUT2D eigenvalue weighted by Crippen LogP contribution is 2.29. The summed E-state index contributed by atoms with van der Waals surface area (Å²) in [4.78, 5) is 3.32. The van der Waals surface area contributed by atoms with Crippen molar-refractivity contribution >= 4 is 0 Å². The standard InChI is InChI=1S/C12H11F3N2O/c1-7(2)8-3-5-9(6-4-8)10-16-11(17-18-10)12(13,14)15/h3-7H,1-2H3. The Morgan fingerprint density at radius 2 is 1.72 bits per heavy atom. The highest BCUT2D eigenvalue weighted by molar-refractivity contribution is 5.53. The van der Waals surface area contributed by atoms with Gasteiger partial charge in [-0.05, 0) is 23.6 Å². The first-order chi connectivity index (χ1) is 8.38. The number of hydrogen-bond donors (Lipinski definition) is 0. The first-order valence-corrected chi connectivity index (χ1v) is 5.39. The van der Waals surface area contributed by atoms with Crippen molar-refractivity contribution in [3.8, 4) is 11.5 Å². The van der Waals surface area contributed by atoms with E-state index < -0.39 is 12.0 Å². The van der Waals surface area contributed by atoms with Gasteiger partial charge >= 0.3 is 6.18 Å². The minimum atomic E-state index is -4.58. The predicted octanol–water partition coefficient (Wildman–Crippen LogP) is 3.88. The number of halogens is 3. The highest BCUT2D eigenvalue weighted by atomic mass is 19.4. The molecule has 1 aromatic heterocycles. The molecular formula is C12H11F3N2O. The molecule has 0 aliphatic rings. The molecule has 2 aromatic rings. The topological polar surface area (TPSA) is 38.9 Å². The molecule has 0 aliphatic carbocycles. The molecule has 0 radical (unpaired) electrons. The molecule has 1 heterocycles. The van der Waals surface area contributed by atoms with E-state index in [0.717, 1.165) is 5.56 Å². The summed E-state index contributed by atoms with van der Waals surface area (Å²) in [6.07, 6.45) is -4.58. The molecule has 96 valence electrons. The Hall–Kier alpha value is -1.85. The average molecular weight is 256 g/mol. The molecule has 6 heteroatoms. The molecule has 2 rings (SSSR count). The molecule has 3 nitrogen and oxygen atoms in total. The van der Waals surface area contributed by atoms with Crippen LogP contribution < -0.4 is 0 Å². The van der Waals surface area contributed by atoms with Gasteiger partial charge in [0.05, 0.1) is 0 Å². The maximum Gasteiger partial charge on any atom is 0.455 e. The van der Waals surface area contributed by atoms with E-state index in [9.17, 15) is 13.2 Å². The van der Waals surface area contributed by atoms with E-state index in [1.807, 2.05) is 26.0 Å². The van der Waals surface area contributed by atoms with Crippen LogP contribution in [0.4, 0.5) is 13.2 Å². The van der Waals surface area contributed by atoms with Gasteiger partial charge in [0.15, 0.2) is 0 Å². The lowest BCUT2D eigenvalue weighted by Gasteiger charge is -2.04. The van der Waals surface area contributed by atoms with Gasteiger partial charge in [-0.25, -0.2) is 0 Å². The van der Waals surface area contributed by atoms with Crippen LogP contribution in [0.15, 0.2) is 28.8 Å². The molecule has 0 aliphatic heterocycles. The summed E-state index contributed by atoms with van der Waals surface area (Å²) in [5.74, 6) is -1.03. The largest absolute Gasteiger partial charge is 0.455 e. The summed E-state index contributed by atoms with van der Waals surface area (Å²) in [7, 11) is 0. The van der Waals surface area contributed by atoms with E-state index in [4.69, 9.17) is 0 Å². The lowest BCUT2D eigenvalue weighted by molar-refractivity contribution is -0.146. The van der Waals surface area contributed by atoms with E-state index in [2.05, 4.69) is 14.7 Å². The second-order valence-electron chi connectivity index (χ2n) is 4.20. The Morgan fingerprint density at radius 3 is 2.17 bits per heavy atom. The molecule has 0 saturated heterocycles. The summed E-state index contributed by atoms with van der Waals surface area (Å²) in [6.45, 7) is 4.06. The van der Waals surface area contributed by atoms with Crippen molar-refractivity contribution in [1.82, 2.24) is 10.1 Å². The molecule has 0 fully saturated rings. The number of aromatic nitrogens is 2. The normalized spacial score (nSPS) is 12.1. The van der Waals surface area contributed by atoms with Crippen molar-refractivity contribution in [2.45, 2.75) is 25.9 Å². The third-order valence-corrected chi connectivity index (χ3v) is 2.50. The number of nitrogens with zero attached hydrogens (tertiary/aromatic N) is 2. The fraction of sp³-hybridized carbons (Fsp3) is 0.333. The summed E-state index contributed by atoms with van der Waals surface area (Å²) >= 11 is 0. The number of alkyl halides is 3. The van der Waals surface area contributed by atoms with Gasteiger partial charge in [-0.3, -0.25) is 0 Å². The third-order valence-electron chi connectivity index (χ3n) is 2.50. The zero-order chi connectivity index (χ0) is 13.3. The van der Waals surface area contributed by atoms with E-state index >= 15 is 0 Å².